The summed E-state index contributed by atoms with van der Waals surface area (Å²) in [5.41, 5.74) is 0.653. The highest BCUT2D eigenvalue weighted by Crippen LogP contribution is 2.27. The van der Waals surface area contributed by atoms with Gasteiger partial charge in [0.05, 0.1) is 0 Å². The number of aliphatic carboxylic acids is 1. The predicted octanol–water partition coefficient (Wildman–Crippen LogP) is 1.07. The van der Waals surface area contributed by atoms with Gasteiger partial charge in [0, 0.05) is 11.9 Å². The molecular formula is C9H13NO4S2. The molecule has 0 amide bonds. The molecule has 1 rings (SSSR count). The Morgan fingerprint density at radius 1 is 1.50 bits per heavy atom. The average Bonchev–Trinajstić information content (AvgIpc) is 2.44. The van der Waals surface area contributed by atoms with Crippen LogP contribution in [0.25, 0.3) is 0 Å². The van der Waals surface area contributed by atoms with Gasteiger partial charge in [-0.25, -0.2) is 8.42 Å². The van der Waals surface area contributed by atoms with Crippen molar-refractivity contribution in [3.05, 3.63) is 16.5 Å². The average molecular weight is 263 g/mol. The molecule has 1 N–H and O–H groups in total. The van der Waals surface area contributed by atoms with Crippen LogP contribution in [0, 0.1) is 13.8 Å². The Bertz CT molecular complexity index is 504. The van der Waals surface area contributed by atoms with Crippen LogP contribution in [0.15, 0.2) is 10.3 Å². The van der Waals surface area contributed by atoms with Crippen molar-refractivity contribution in [2.75, 3.05) is 13.6 Å². The summed E-state index contributed by atoms with van der Waals surface area (Å²) in [7, 11) is -2.41. The van der Waals surface area contributed by atoms with E-state index in [9.17, 15) is 13.2 Å². The lowest BCUT2D eigenvalue weighted by molar-refractivity contribution is -0.137. The van der Waals surface area contributed by atoms with Gasteiger partial charge in [0.1, 0.15) is 10.8 Å². The molecule has 0 aliphatic carbocycles. The van der Waals surface area contributed by atoms with Crippen molar-refractivity contribution in [2.45, 2.75) is 18.1 Å². The first-order valence-electron chi connectivity index (χ1n) is 4.50. The number of hydrogen-bond acceptors (Lipinski definition) is 4. The van der Waals surface area contributed by atoms with Crippen LogP contribution in [0.3, 0.4) is 0 Å². The highest BCUT2D eigenvalue weighted by molar-refractivity contribution is 7.91. The molecule has 0 spiro atoms. The molecule has 0 aliphatic rings. The quantitative estimate of drug-likeness (QED) is 0.881. The van der Waals surface area contributed by atoms with Crippen molar-refractivity contribution < 1.29 is 18.3 Å². The summed E-state index contributed by atoms with van der Waals surface area (Å²) < 4.78 is 25.0. The number of carboxylic acids is 1. The summed E-state index contributed by atoms with van der Waals surface area (Å²) in [5, 5.41) is 8.57. The van der Waals surface area contributed by atoms with E-state index in [0.29, 0.717) is 5.56 Å². The molecule has 0 fully saturated rings. The fourth-order valence-electron chi connectivity index (χ4n) is 1.29. The Morgan fingerprint density at radius 2 is 2.06 bits per heavy atom. The number of thiophene rings is 1. The third-order valence-corrected chi connectivity index (χ3v) is 5.57. The maximum atomic E-state index is 12.0. The zero-order chi connectivity index (χ0) is 12.5. The van der Waals surface area contributed by atoms with Crippen LogP contribution in [0.4, 0.5) is 0 Å². The predicted molar refractivity (Wildman–Crippen MR) is 61.2 cm³/mol. The molecule has 1 aromatic heterocycles. The maximum absolute atomic E-state index is 12.0. The Kier molecular flexibility index (Phi) is 3.72. The van der Waals surface area contributed by atoms with E-state index in [2.05, 4.69) is 0 Å². The van der Waals surface area contributed by atoms with Gasteiger partial charge >= 0.3 is 5.97 Å². The molecule has 90 valence electrons. The van der Waals surface area contributed by atoms with Crippen molar-refractivity contribution in [2.24, 2.45) is 0 Å². The molecule has 0 atom stereocenters. The molecule has 16 heavy (non-hydrogen) atoms. The topological polar surface area (TPSA) is 74.7 Å². The molecule has 1 heterocycles. The van der Waals surface area contributed by atoms with Crippen molar-refractivity contribution in [1.29, 1.82) is 0 Å². The maximum Gasteiger partial charge on any atom is 0.318 e. The number of aryl methyl sites for hydroxylation is 2. The lowest BCUT2D eigenvalue weighted by Gasteiger charge is -2.13. The fourth-order valence-corrected chi connectivity index (χ4v) is 4.27. The largest absolute Gasteiger partial charge is 0.480 e. The van der Waals surface area contributed by atoms with E-state index in [1.807, 2.05) is 6.92 Å². The lowest BCUT2D eigenvalue weighted by Crippen LogP contribution is -2.31. The van der Waals surface area contributed by atoms with Crippen LogP contribution in [-0.2, 0) is 14.8 Å². The summed E-state index contributed by atoms with van der Waals surface area (Å²) in [4.78, 5) is 11.4. The Hall–Kier alpha value is -0.920. The van der Waals surface area contributed by atoms with Gasteiger partial charge in [-0.15, -0.1) is 11.3 Å². The van der Waals surface area contributed by atoms with Crippen LogP contribution < -0.4 is 0 Å². The van der Waals surface area contributed by atoms with Crippen LogP contribution >= 0.6 is 11.3 Å². The van der Waals surface area contributed by atoms with E-state index < -0.39 is 22.5 Å². The van der Waals surface area contributed by atoms with Crippen molar-refractivity contribution in [3.63, 3.8) is 0 Å². The number of rotatable bonds is 4. The normalized spacial score (nSPS) is 12.0. The first kappa shape index (κ1) is 13.1. The third-order valence-electron chi connectivity index (χ3n) is 2.00. The highest BCUT2D eigenvalue weighted by Gasteiger charge is 2.26. The number of carboxylic acid groups (broad SMARTS) is 1. The van der Waals surface area contributed by atoms with E-state index in [1.54, 1.807) is 13.0 Å². The second-order valence-corrected chi connectivity index (χ2v) is 6.98. The first-order valence-corrected chi connectivity index (χ1v) is 6.76. The second kappa shape index (κ2) is 4.52. The van der Waals surface area contributed by atoms with Crippen LogP contribution in [0.2, 0.25) is 0 Å². The van der Waals surface area contributed by atoms with Gasteiger partial charge in [0.2, 0.25) is 0 Å². The van der Waals surface area contributed by atoms with E-state index in [0.717, 1.165) is 20.5 Å². The molecule has 0 saturated heterocycles. The standard InChI is InChI=1S/C9H13NO4S2/c1-6-4-7(2)15-9(6)16(13,14)10(3)5-8(11)12/h4H,5H2,1-3H3,(H,11,12). The fraction of sp³-hybridized carbons (Fsp3) is 0.444. The zero-order valence-electron chi connectivity index (χ0n) is 9.22. The smallest absolute Gasteiger partial charge is 0.318 e. The van der Waals surface area contributed by atoms with E-state index >= 15 is 0 Å². The minimum absolute atomic E-state index is 0.216. The van der Waals surface area contributed by atoms with Crippen LogP contribution in [0.5, 0.6) is 0 Å². The first-order chi connectivity index (χ1) is 7.25. The molecule has 0 radical (unpaired) electrons. The summed E-state index contributed by atoms with van der Waals surface area (Å²) in [6.07, 6.45) is 0. The van der Waals surface area contributed by atoms with E-state index in [-0.39, 0.29) is 4.21 Å². The lowest BCUT2D eigenvalue weighted by atomic mass is 10.4. The van der Waals surface area contributed by atoms with Gasteiger partial charge < -0.3 is 5.11 Å². The molecule has 0 aromatic carbocycles. The Labute approximate surface area is 98.4 Å². The molecule has 0 unspecified atom stereocenters. The second-order valence-electron chi connectivity index (χ2n) is 3.48. The summed E-state index contributed by atoms with van der Waals surface area (Å²) in [5.74, 6) is -1.17. The van der Waals surface area contributed by atoms with Gasteiger partial charge in [-0.2, -0.15) is 4.31 Å². The molecular weight excluding hydrogens is 250 g/mol. The van der Waals surface area contributed by atoms with Gasteiger partial charge in [-0.1, -0.05) is 0 Å². The van der Waals surface area contributed by atoms with Crippen molar-refractivity contribution >= 4 is 27.3 Å². The van der Waals surface area contributed by atoms with Crippen molar-refractivity contribution in [1.82, 2.24) is 4.31 Å². The Morgan fingerprint density at radius 3 is 2.44 bits per heavy atom. The SMILES string of the molecule is Cc1cc(C)c(S(=O)(=O)N(C)CC(=O)O)s1. The minimum atomic E-state index is -3.67. The molecule has 0 saturated carbocycles. The van der Waals surface area contributed by atoms with Gasteiger partial charge in [0.15, 0.2) is 0 Å². The van der Waals surface area contributed by atoms with Gasteiger partial charge in [-0.05, 0) is 25.5 Å². The summed E-state index contributed by atoms with van der Waals surface area (Å²) in [6, 6.07) is 1.77. The molecule has 5 nitrogen and oxygen atoms in total. The highest BCUT2D eigenvalue weighted by atomic mass is 32.2. The monoisotopic (exact) mass is 263 g/mol. The zero-order valence-corrected chi connectivity index (χ0v) is 10.9. The number of likely N-dealkylation sites (N-methyl/N-ethyl adjacent to an activating group) is 1. The molecule has 0 bridgehead atoms. The number of nitrogens with zero attached hydrogens (tertiary/aromatic N) is 1. The summed E-state index contributed by atoms with van der Waals surface area (Å²) in [6.45, 7) is 2.98. The third kappa shape index (κ3) is 2.60. The van der Waals surface area contributed by atoms with E-state index in [4.69, 9.17) is 5.11 Å². The van der Waals surface area contributed by atoms with Crippen LogP contribution in [0.1, 0.15) is 10.4 Å². The van der Waals surface area contributed by atoms with Gasteiger partial charge in [0.25, 0.3) is 10.0 Å². The van der Waals surface area contributed by atoms with Crippen molar-refractivity contribution in [3.8, 4) is 0 Å². The summed E-state index contributed by atoms with van der Waals surface area (Å²) >= 11 is 1.15. The number of sulfonamides is 1. The Balaban J connectivity index is 3.11. The number of hydrogen-bond donors (Lipinski definition) is 1. The molecule has 0 aliphatic heterocycles. The minimum Gasteiger partial charge on any atom is -0.480 e. The van der Waals surface area contributed by atoms with Gasteiger partial charge in [-0.3, -0.25) is 4.79 Å². The molecule has 7 heteroatoms. The molecule has 1 aromatic rings. The van der Waals surface area contributed by atoms with E-state index in [1.165, 1.54) is 7.05 Å². The van der Waals surface area contributed by atoms with Crippen LogP contribution in [-0.4, -0.2) is 37.4 Å². The number of carbonyl (C=O) groups is 1.